The molecule has 0 radical (unpaired) electrons. The number of halogens is 2. The molecule has 156 valence electrons. The molecule has 8 heteroatoms. The molecule has 0 atom stereocenters. The van der Waals surface area contributed by atoms with Crippen molar-refractivity contribution in [3.8, 4) is 5.75 Å². The molecule has 1 fully saturated rings. The van der Waals surface area contributed by atoms with Crippen LogP contribution in [0, 0.1) is 0 Å². The van der Waals surface area contributed by atoms with Crippen LogP contribution in [0.15, 0.2) is 53.3 Å². The van der Waals surface area contributed by atoms with E-state index in [1.165, 1.54) is 6.07 Å². The van der Waals surface area contributed by atoms with Gasteiger partial charge in [0.1, 0.15) is 18.2 Å². The minimum absolute atomic E-state index is 0.0232. The Hall–Kier alpha value is -3.29. The zero-order valence-corrected chi connectivity index (χ0v) is 16.1. The Morgan fingerprint density at radius 1 is 1.13 bits per heavy atom. The van der Waals surface area contributed by atoms with Crippen molar-refractivity contribution >= 4 is 16.9 Å². The Labute approximate surface area is 171 Å². The highest BCUT2D eigenvalue weighted by Gasteiger charge is 2.28. The van der Waals surface area contributed by atoms with Crippen LogP contribution in [-0.4, -0.2) is 22.1 Å². The summed E-state index contributed by atoms with van der Waals surface area (Å²) in [5.41, 5.74) is 0.857. The van der Waals surface area contributed by atoms with Crippen molar-refractivity contribution in [1.82, 2.24) is 9.55 Å². The minimum Gasteiger partial charge on any atom is -0.461 e. The third-order valence-electron chi connectivity index (χ3n) is 4.92. The lowest BCUT2D eigenvalue weighted by atomic mass is 10.2. The quantitative estimate of drug-likeness (QED) is 0.521. The fourth-order valence-corrected chi connectivity index (χ4v) is 3.36. The van der Waals surface area contributed by atoms with Crippen LogP contribution in [0.1, 0.15) is 36.7 Å². The van der Waals surface area contributed by atoms with E-state index in [1.54, 1.807) is 41.0 Å². The SMILES string of the molecule is O=C(CCc1nc2ccccc2c(=O)n1C1CC1)OCc1ccccc1OC(F)F. The zero-order valence-electron chi connectivity index (χ0n) is 16.1. The summed E-state index contributed by atoms with van der Waals surface area (Å²) in [7, 11) is 0. The third kappa shape index (κ3) is 4.48. The number of benzene rings is 2. The first kappa shape index (κ1) is 20.0. The van der Waals surface area contributed by atoms with E-state index in [-0.39, 0.29) is 36.8 Å². The molecule has 0 aliphatic heterocycles. The van der Waals surface area contributed by atoms with E-state index in [0.717, 1.165) is 12.8 Å². The van der Waals surface area contributed by atoms with Crippen molar-refractivity contribution in [2.24, 2.45) is 0 Å². The third-order valence-corrected chi connectivity index (χ3v) is 4.92. The molecule has 1 heterocycles. The fraction of sp³-hybridized carbons (Fsp3) is 0.318. The van der Waals surface area contributed by atoms with E-state index in [2.05, 4.69) is 9.72 Å². The summed E-state index contributed by atoms with van der Waals surface area (Å²) in [5.74, 6) is 0.0188. The summed E-state index contributed by atoms with van der Waals surface area (Å²) in [6.07, 6.45) is 2.11. The molecule has 0 saturated heterocycles. The van der Waals surface area contributed by atoms with Gasteiger partial charge in [0.2, 0.25) is 0 Å². The minimum atomic E-state index is -2.96. The maximum absolute atomic E-state index is 12.8. The summed E-state index contributed by atoms with van der Waals surface area (Å²) in [4.78, 5) is 29.7. The standard InChI is InChI=1S/C22H20F2N2O4/c23-22(24)30-18-8-4-1-5-14(18)13-29-20(27)12-11-19-25-17-7-3-2-6-16(17)21(28)26(19)15-9-10-15/h1-8,15,22H,9-13H2. The molecule has 0 spiro atoms. The number of aromatic nitrogens is 2. The van der Waals surface area contributed by atoms with E-state index < -0.39 is 12.6 Å². The highest BCUT2D eigenvalue weighted by Crippen LogP contribution is 2.35. The first-order valence-corrected chi connectivity index (χ1v) is 9.71. The van der Waals surface area contributed by atoms with Gasteiger partial charge in [-0.25, -0.2) is 4.98 Å². The highest BCUT2D eigenvalue weighted by molar-refractivity contribution is 5.77. The largest absolute Gasteiger partial charge is 0.461 e. The zero-order chi connectivity index (χ0) is 21.1. The van der Waals surface area contributed by atoms with Gasteiger partial charge in [-0.3, -0.25) is 14.2 Å². The van der Waals surface area contributed by atoms with Crippen molar-refractivity contribution < 1.29 is 23.0 Å². The lowest BCUT2D eigenvalue weighted by Gasteiger charge is -2.13. The maximum Gasteiger partial charge on any atom is 0.387 e. The number of hydrogen-bond donors (Lipinski definition) is 0. The number of aryl methyl sites for hydroxylation is 1. The Kier molecular flexibility index (Phi) is 5.74. The van der Waals surface area contributed by atoms with Crippen LogP contribution >= 0.6 is 0 Å². The highest BCUT2D eigenvalue weighted by atomic mass is 19.3. The molecule has 4 rings (SSSR count). The normalized spacial score (nSPS) is 13.6. The van der Waals surface area contributed by atoms with Crippen molar-refractivity contribution in [3.05, 3.63) is 70.3 Å². The van der Waals surface area contributed by atoms with Gasteiger partial charge in [-0.05, 0) is 31.0 Å². The number of para-hydroxylation sites is 2. The topological polar surface area (TPSA) is 70.4 Å². The molecule has 1 aliphatic carbocycles. The lowest BCUT2D eigenvalue weighted by molar-refractivity contribution is -0.145. The smallest absolute Gasteiger partial charge is 0.387 e. The molecule has 1 aliphatic rings. The van der Waals surface area contributed by atoms with Crippen molar-refractivity contribution in [1.29, 1.82) is 0 Å². The summed E-state index contributed by atoms with van der Waals surface area (Å²) < 4.78 is 36.3. The van der Waals surface area contributed by atoms with E-state index in [4.69, 9.17) is 4.74 Å². The maximum atomic E-state index is 12.8. The summed E-state index contributed by atoms with van der Waals surface area (Å²) >= 11 is 0. The number of hydrogen-bond acceptors (Lipinski definition) is 5. The van der Waals surface area contributed by atoms with Gasteiger partial charge in [0.25, 0.3) is 5.56 Å². The van der Waals surface area contributed by atoms with Crippen LogP contribution in [-0.2, 0) is 22.6 Å². The molecule has 1 saturated carbocycles. The van der Waals surface area contributed by atoms with Gasteiger partial charge in [0.15, 0.2) is 0 Å². The Bertz CT molecular complexity index is 1130. The summed E-state index contributed by atoms with van der Waals surface area (Å²) in [5, 5.41) is 0.561. The number of esters is 1. The number of ether oxygens (including phenoxy) is 2. The second-order valence-electron chi connectivity index (χ2n) is 7.10. The Morgan fingerprint density at radius 3 is 2.63 bits per heavy atom. The van der Waals surface area contributed by atoms with E-state index >= 15 is 0 Å². The van der Waals surface area contributed by atoms with Crippen LogP contribution < -0.4 is 10.3 Å². The van der Waals surface area contributed by atoms with Gasteiger partial charge in [-0.15, -0.1) is 0 Å². The molecule has 2 aromatic carbocycles. The van der Waals surface area contributed by atoms with Crippen molar-refractivity contribution in [3.63, 3.8) is 0 Å². The summed E-state index contributed by atoms with van der Waals surface area (Å²) in [6, 6.07) is 13.4. The van der Waals surface area contributed by atoms with Crippen LogP contribution in [0.3, 0.4) is 0 Å². The Balaban J connectivity index is 1.44. The van der Waals surface area contributed by atoms with Crippen molar-refractivity contribution in [2.75, 3.05) is 0 Å². The molecular formula is C22H20F2N2O4. The molecule has 0 bridgehead atoms. The number of rotatable bonds is 8. The van der Waals surface area contributed by atoms with Gasteiger partial charge < -0.3 is 9.47 Å². The van der Waals surface area contributed by atoms with Gasteiger partial charge in [0, 0.05) is 18.0 Å². The van der Waals surface area contributed by atoms with E-state index in [9.17, 15) is 18.4 Å². The van der Waals surface area contributed by atoms with Crippen LogP contribution in [0.5, 0.6) is 5.75 Å². The molecule has 0 N–H and O–H groups in total. The monoisotopic (exact) mass is 414 g/mol. The van der Waals surface area contributed by atoms with Crippen molar-refractivity contribution in [2.45, 2.75) is 44.9 Å². The average Bonchev–Trinajstić information content (AvgIpc) is 3.56. The van der Waals surface area contributed by atoms with E-state index in [1.807, 2.05) is 6.07 Å². The molecule has 30 heavy (non-hydrogen) atoms. The number of carbonyl (C=O) groups excluding carboxylic acids is 1. The van der Waals surface area contributed by atoms with Gasteiger partial charge in [-0.1, -0.05) is 30.3 Å². The average molecular weight is 414 g/mol. The second kappa shape index (κ2) is 8.61. The van der Waals surface area contributed by atoms with Gasteiger partial charge >= 0.3 is 12.6 Å². The number of fused-ring (bicyclic) bond motifs is 1. The predicted molar refractivity (Wildman–Crippen MR) is 105 cm³/mol. The molecule has 0 unspecified atom stereocenters. The number of nitrogens with zero attached hydrogens (tertiary/aromatic N) is 2. The van der Waals surface area contributed by atoms with Gasteiger partial charge in [-0.2, -0.15) is 8.78 Å². The predicted octanol–water partition coefficient (Wildman–Crippen LogP) is 4.01. The first-order valence-electron chi connectivity index (χ1n) is 9.71. The van der Waals surface area contributed by atoms with E-state index in [0.29, 0.717) is 22.3 Å². The molecule has 0 amide bonds. The number of carbonyl (C=O) groups is 1. The molecule has 1 aromatic heterocycles. The molecular weight excluding hydrogens is 394 g/mol. The Morgan fingerprint density at radius 2 is 1.87 bits per heavy atom. The molecule has 3 aromatic rings. The first-order chi connectivity index (χ1) is 14.5. The lowest BCUT2D eigenvalue weighted by Crippen LogP contribution is -2.25. The van der Waals surface area contributed by atoms with Crippen LogP contribution in [0.4, 0.5) is 8.78 Å². The summed E-state index contributed by atoms with van der Waals surface area (Å²) in [6.45, 7) is -3.14. The second-order valence-corrected chi connectivity index (χ2v) is 7.10. The van der Waals surface area contributed by atoms with Crippen LogP contribution in [0.2, 0.25) is 0 Å². The fourth-order valence-electron chi connectivity index (χ4n) is 3.36. The molecule has 6 nitrogen and oxygen atoms in total. The van der Waals surface area contributed by atoms with Gasteiger partial charge in [0.05, 0.1) is 17.3 Å². The van der Waals surface area contributed by atoms with Crippen LogP contribution in [0.25, 0.3) is 10.9 Å². The number of alkyl halides is 2.